The molecule has 5 rings (SSSR count). The molecule has 0 unspecified atom stereocenters. The van der Waals surface area contributed by atoms with Crippen molar-refractivity contribution in [2.45, 2.75) is 31.6 Å². The van der Waals surface area contributed by atoms with E-state index in [2.05, 4.69) is 16.0 Å². The van der Waals surface area contributed by atoms with E-state index >= 15 is 0 Å². The van der Waals surface area contributed by atoms with Crippen molar-refractivity contribution in [3.8, 4) is 10.4 Å². The molecule has 2 fully saturated rings. The number of morpholine rings is 1. The van der Waals surface area contributed by atoms with Gasteiger partial charge in [0.25, 0.3) is 0 Å². The second-order valence-electron chi connectivity index (χ2n) is 10.1. The Kier molecular flexibility index (Phi) is 8.29. The van der Waals surface area contributed by atoms with Crippen LogP contribution in [0, 0.1) is 0 Å². The first-order valence-corrected chi connectivity index (χ1v) is 15.5. The quantitative estimate of drug-likeness (QED) is 0.369. The van der Waals surface area contributed by atoms with Gasteiger partial charge in [0.05, 0.1) is 30.3 Å². The van der Waals surface area contributed by atoms with E-state index < -0.39 is 15.9 Å². The highest BCUT2D eigenvalue weighted by molar-refractivity contribution is 7.89. The lowest BCUT2D eigenvalue weighted by molar-refractivity contribution is -0.117. The molecule has 1 aromatic carbocycles. The normalized spacial score (nSPS) is 18.2. The number of thiophene rings is 1. The molecule has 3 N–H and O–H groups in total. The average molecular weight is 559 g/mol. The molecule has 2 aromatic heterocycles. The number of carbonyl (C=O) groups excluding carboxylic acids is 2. The van der Waals surface area contributed by atoms with Crippen molar-refractivity contribution in [1.29, 1.82) is 0 Å². The van der Waals surface area contributed by atoms with Gasteiger partial charge >= 0.3 is 0 Å². The van der Waals surface area contributed by atoms with Crippen LogP contribution in [0.2, 0.25) is 0 Å². The van der Waals surface area contributed by atoms with Crippen molar-refractivity contribution >= 4 is 44.5 Å². The first kappa shape index (κ1) is 27.0. The molecule has 2 saturated heterocycles. The minimum Gasteiger partial charge on any atom is -0.379 e. The van der Waals surface area contributed by atoms with Crippen LogP contribution in [0.3, 0.4) is 0 Å². The van der Waals surface area contributed by atoms with E-state index in [1.165, 1.54) is 11.3 Å². The molecule has 2 aliphatic heterocycles. The largest absolute Gasteiger partial charge is 0.379 e. The third-order valence-electron chi connectivity index (χ3n) is 7.56. The number of hydrogen-bond acceptors (Lipinski definition) is 7. The number of amides is 1. The van der Waals surface area contributed by atoms with Crippen LogP contribution in [0.1, 0.15) is 46.0 Å². The molecule has 1 amide bonds. The first-order valence-electron chi connectivity index (χ1n) is 13.1. The predicted molar refractivity (Wildman–Crippen MR) is 149 cm³/mol. The van der Waals surface area contributed by atoms with E-state index in [0.29, 0.717) is 37.6 Å². The zero-order valence-electron chi connectivity index (χ0n) is 21.4. The summed E-state index contributed by atoms with van der Waals surface area (Å²) in [6.45, 7) is 4.94. The number of hydrogen-bond donors (Lipinski definition) is 2. The number of fused-ring (bicyclic) bond motifs is 1. The monoisotopic (exact) mass is 558 g/mol. The van der Waals surface area contributed by atoms with Gasteiger partial charge in [-0.1, -0.05) is 0 Å². The molecule has 3 aromatic rings. The third kappa shape index (κ3) is 6.02. The summed E-state index contributed by atoms with van der Waals surface area (Å²) in [6.07, 6.45) is 5.03. The van der Waals surface area contributed by atoms with Gasteiger partial charge in [-0.3, -0.25) is 14.5 Å². The van der Waals surface area contributed by atoms with Crippen LogP contribution in [-0.2, 0) is 26.0 Å². The number of H-pyrrole nitrogens is 1. The third-order valence-corrected chi connectivity index (χ3v) is 10.6. The van der Waals surface area contributed by atoms with Crippen LogP contribution in [0.25, 0.3) is 21.3 Å². The summed E-state index contributed by atoms with van der Waals surface area (Å²) in [4.78, 5) is 30.2. The van der Waals surface area contributed by atoms with Gasteiger partial charge in [-0.15, -0.1) is 11.3 Å². The number of nitrogens with two attached hydrogens (primary N) is 1. The molecule has 0 bridgehead atoms. The molecule has 0 radical (unpaired) electrons. The average Bonchev–Trinajstić information content (AvgIpc) is 3.57. The Labute approximate surface area is 227 Å². The maximum atomic E-state index is 13.0. The van der Waals surface area contributed by atoms with Gasteiger partial charge in [0.2, 0.25) is 15.9 Å². The highest BCUT2D eigenvalue weighted by Crippen LogP contribution is 2.38. The number of aldehydes is 1. The van der Waals surface area contributed by atoms with Crippen LogP contribution in [0.4, 0.5) is 0 Å². The molecule has 0 spiro atoms. The van der Waals surface area contributed by atoms with Gasteiger partial charge in [0.15, 0.2) is 6.29 Å². The lowest BCUT2D eigenvalue weighted by atomic mass is 9.89. The van der Waals surface area contributed by atoms with Crippen molar-refractivity contribution < 1.29 is 22.7 Å². The number of rotatable bonds is 10. The summed E-state index contributed by atoms with van der Waals surface area (Å²) in [7, 11) is -3.29. The van der Waals surface area contributed by atoms with Gasteiger partial charge in [-0.2, -0.15) is 0 Å². The second kappa shape index (κ2) is 11.7. The summed E-state index contributed by atoms with van der Waals surface area (Å²) >= 11 is 1.41. The first-order chi connectivity index (χ1) is 18.3. The fourth-order valence-corrected chi connectivity index (χ4v) is 7.91. The van der Waals surface area contributed by atoms with Crippen molar-refractivity contribution in [2.24, 2.45) is 5.73 Å². The molecule has 204 valence electrons. The lowest BCUT2D eigenvalue weighted by Gasteiger charge is -2.32. The van der Waals surface area contributed by atoms with Crippen LogP contribution in [-0.4, -0.2) is 86.5 Å². The maximum Gasteiger partial charge on any atom is 0.221 e. The molecular formula is C27H34N4O5S2. The molecule has 0 saturated carbocycles. The summed E-state index contributed by atoms with van der Waals surface area (Å²) in [5, 5.41) is 1.02. The number of primary amides is 1. The Balaban J connectivity index is 1.30. The maximum absolute atomic E-state index is 13.0. The van der Waals surface area contributed by atoms with E-state index in [-0.39, 0.29) is 18.1 Å². The van der Waals surface area contributed by atoms with E-state index in [0.717, 1.165) is 71.2 Å². The zero-order chi connectivity index (χ0) is 26.7. The van der Waals surface area contributed by atoms with E-state index in [9.17, 15) is 18.0 Å². The molecule has 38 heavy (non-hydrogen) atoms. The SMILES string of the molecule is NC(=O)Cc1cc(-c2ccc(C=O)s2)cc2c(C3CCN(S(=O)(=O)CCCN4CCOCC4)CC3)c[nH]c12. The number of nitrogens with one attached hydrogen (secondary N) is 1. The Morgan fingerprint density at radius 2 is 1.92 bits per heavy atom. The summed E-state index contributed by atoms with van der Waals surface area (Å²) in [6, 6.07) is 7.76. The number of nitrogens with zero attached hydrogens (tertiary/aromatic N) is 2. The van der Waals surface area contributed by atoms with Crippen LogP contribution in [0.15, 0.2) is 30.5 Å². The second-order valence-corrected chi connectivity index (χ2v) is 13.3. The van der Waals surface area contributed by atoms with Gasteiger partial charge in [0, 0.05) is 48.2 Å². The van der Waals surface area contributed by atoms with Gasteiger partial charge in [-0.05, 0) is 72.7 Å². The van der Waals surface area contributed by atoms with Crippen molar-refractivity contribution in [3.63, 3.8) is 0 Å². The molecule has 0 aliphatic carbocycles. The zero-order valence-corrected chi connectivity index (χ0v) is 23.0. The number of aromatic amines is 1. The fraction of sp³-hybridized carbons (Fsp3) is 0.481. The molecule has 9 nitrogen and oxygen atoms in total. The van der Waals surface area contributed by atoms with Gasteiger partial charge in [-0.25, -0.2) is 12.7 Å². The molecule has 11 heteroatoms. The highest BCUT2D eigenvalue weighted by Gasteiger charge is 2.30. The molecule has 0 atom stereocenters. The fourth-order valence-electron chi connectivity index (χ4n) is 5.58. The summed E-state index contributed by atoms with van der Waals surface area (Å²) in [5.74, 6) is -0.0356. The van der Waals surface area contributed by atoms with Crippen LogP contribution in [0.5, 0.6) is 0 Å². The molecule has 4 heterocycles. The lowest BCUT2D eigenvalue weighted by Crippen LogP contribution is -2.41. The Morgan fingerprint density at radius 3 is 2.61 bits per heavy atom. The predicted octanol–water partition coefficient (Wildman–Crippen LogP) is 2.97. The Morgan fingerprint density at radius 1 is 1.16 bits per heavy atom. The minimum atomic E-state index is -3.29. The smallest absolute Gasteiger partial charge is 0.221 e. The number of piperidine rings is 1. The number of carbonyl (C=O) groups is 2. The molecule has 2 aliphatic rings. The van der Waals surface area contributed by atoms with Gasteiger partial charge < -0.3 is 15.5 Å². The van der Waals surface area contributed by atoms with Crippen LogP contribution < -0.4 is 5.73 Å². The topological polar surface area (TPSA) is 126 Å². The highest BCUT2D eigenvalue weighted by atomic mass is 32.2. The van der Waals surface area contributed by atoms with Crippen molar-refractivity contribution in [1.82, 2.24) is 14.2 Å². The Hall–Kier alpha value is -2.57. The summed E-state index contributed by atoms with van der Waals surface area (Å²) < 4.78 is 33.0. The summed E-state index contributed by atoms with van der Waals surface area (Å²) in [5.41, 5.74) is 9.31. The van der Waals surface area contributed by atoms with E-state index in [1.54, 1.807) is 10.4 Å². The standard InChI is InChI=1S/C27H34N4O5S2/c28-26(33)16-21-14-20(25-3-2-22(18-32)37-25)15-23-24(17-29-27(21)23)19-4-7-31(8-5-19)38(34,35)13-1-6-30-9-11-36-12-10-30/h2-3,14-15,17-19,29H,1,4-13,16H2,(H2,28,33). The van der Waals surface area contributed by atoms with Crippen molar-refractivity contribution in [2.75, 3.05) is 51.7 Å². The number of ether oxygens (including phenoxy) is 1. The number of benzene rings is 1. The van der Waals surface area contributed by atoms with E-state index in [1.807, 2.05) is 18.3 Å². The van der Waals surface area contributed by atoms with E-state index in [4.69, 9.17) is 10.5 Å². The van der Waals surface area contributed by atoms with Gasteiger partial charge in [0.1, 0.15) is 0 Å². The Bertz CT molecular complexity index is 1400. The van der Waals surface area contributed by atoms with Crippen LogP contribution >= 0.6 is 11.3 Å². The number of aromatic nitrogens is 1. The van der Waals surface area contributed by atoms with Crippen molar-refractivity contribution in [3.05, 3.63) is 46.5 Å². The number of sulfonamides is 1. The minimum absolute atomic E-state index is 0.108. The molecular weight excluding hydrogens is 524 g/mol.